The molecule has 0 fully saturated rings. The minimum Gasteiger partial charge on any atom is -0.340 e. The van der Waals surface area contributed by atoms with E-state index in [0.29, 0.717) is 11.9 Å². The Morgan fingerprint density at radius 2 is 1.56 bits per heavy atom. The van der Waals surface area contributed by atoms with Crippen LogP contribution in [0.1, 0.15) is 36.6 Å². The normalized spacial score (nSPS) is 10.8. The van der Waals surface area contributed by atoms with Gasteiger partial charge in [0.2, 0.25) is 5.95 Å². The Hall–Kier alpha value is -2.88. The lowest BCUT2D eigenvalue weighted by Crippen LogP contribution is -2.02. The standard InChI is InChI=1S/C21H24N4/c1-14(2)17-8-10-18(11-9-17)24-21-22-16(4)13-20(25-21)23-19-7-5-6-15(3)12-19/h5-14H,1-4H3,(H2,22,23,24,25). The minimum atomic E-state index is 0.523. The molecule has 0 spiro atoms. The predicted octanol–water partition coefficient (Wildman–Crippen LogP) is 5.70. The second-order valence-electron chi connectivity index (χ2n) is 6.61. The number of aromatic nitrogens is 2. The summed E-state index contributed by atoms with van der Waals surface area (Å²) in [5.41, 5.74) is 5.44. The van der Waals surface area contributed by atoms with Gasteiger partial charge in [0, 0.05) is 23.1 Å². The van der Waals surface area contributed by atoms with Crippen LogP contribution < -0.4 is 10.6 Å². The van der Waals surface area contributed by atoms with E-state index in [0.717, 1.165) is 22.9 Å². The van der Waals surface area contributed by atoms with Gasteiger partial charge in [-0.2, -0.15) is 4.98 Å². The molecule has 1 aromatic heterocycles. The van der Waals surface area contributed by atoms with Gasteiger partial charge in [-0.25, -0.2) is 4.98 Å². The third-order valence-corrected chi connectivity index (χ3v) is 3.98. The molecule has 0 aliphatic rings. The summed E-state index contributed by atoms with van der Waals surface area (Å²) >= 11 is 0. The zero-order chi connectivity index (χ0) is 17.8. The van der Waals surface area contributed by atoms with Crippen LogP contribution >= 0.6 is 0 Å². The summed E-state index contributed by atoms with van der Waals surface area (Å²) in [4.78, 5) is 9.06. The Balaban J connectivity index is 1.79. The summed E-state index contributed by atoms with van der Waals surface area (Å²) in [6.45, 7) is 8.42. The highest BCUT2D eigenvalue weighted by Crippen LogP contribution is 2.21. The molecule has 4 nitrogen and oxygen atoms in total. The third kappa shape index (κ3) is 4.57. The first-order valence-electron chi connectivity index (χ1n) is 8.56. The minimum absolute atomic E-state index is 0.523. The van der Waals surface area contributed by atoms with Crippen molar-refractivity contribution in [1.29, 1.82) is 0 Å². The average molecular weight is 332 g/mol. The number of nitrogens with zero attached hydrogens (tertiary/aromatic N) is 2. The maximum absolute atomic E-state index is 4.58. The summed E-state index contributed by atoms with van der Waals surface area (Å²) in [6, 6.07) is 18.6. The van der Waals surface area contributed by atoms with Crippen molar-refractivity contribution in [2.24, 2.45) is 0 Å². The van der Waals surface area contributed by atoms with Gasteiger partial charge in [-0.15, -0.1) is 0 Å². The molecule has 2 N–H and O–H groups in total. The number of benzene rings is 2. The van der Waals surface area contributed by atoms with Gasteiger partial charge in [0.15, 0.2) is 0 Å². The van der Waals surface area contributed by atoms with Crippen molar-refractivity contribution in [3.8, 4) is 0 Å². The maximum Gasteiger partial charge on any atom is 0.229 e. The lowest BCUT2D eigenvalue weighted by Gasteiger charge is -2.11. The molecule has 25 heavy (non-hydrogen) atoms. The van der Waals surface area contributed by atoms with Crippen molar-refractivity contribution in [2.75, 3.05) is 10.6 Å². The highest BCUT2D eigenvalue weighted by Gasteiger charge is 2.05. The second-order valence-corrected chi connectivity index (χ2v) is 6.61. The number of nitrogens with one attached hydrogen (secondary N) is 2. The zero-order valence-electron chi connectivity index (χ0n) is 15.2. The Morgan fingerprint density at radius 3 is 2.24 bits per heavy atom. The molecular weight excluding hydrogens is 308 g/mol. The van der Waals surface area contributed by atoms with Crippen molar-refractivity contribution < 1.29 is 0 Å². The number of anilines is 4. The molecule has 128 valence electrons. The lowest BCUT2D eigenvalue weighted by atomic mass is 10.0. The molecule has 2 aromatic carbocycles. The molecule has 0 unspecified atom stereocenters. The first kappa shape index (κ1) is 17.0. The van der Waals surface area contributed by atoms with Gasteiger partial charge in [0.1, 0.15) is 5.82 Å². The van der Waals surface area contributed by atoms with Gasteiger partial charge < -0.3 is 10.6 Å². The molecule has 0 radical (unpaired) electrons. The fraction of sp³-hybridized carbons (Fsp3) is 0.238. The van der Waals surface area contributed by atoms with E-state index in [-0.39, 0.29) is 0 Å². The number of hydrogen-bond acceptors (Lipinski definition) is 4. The van der Waals surface area contributed by atoms with Gasteiger partial charge in [-0.1, -0.05) is 38.1 Å². The van der Waals surface area contributed by atoms with Crippen LogP contribution in [-0.4, -0.2) is 9.97 Å². The number of rotatable bonds is 5. The Kier molecular flexibility index (Phi) is 4.98. The Labute approximate surface area is 149 Å². The molecule has 3 aromatic rings. The molecule has 0 aliphatic heterocycles. The molecule has 4 heteroatoms. The molecule has 0 aliphatic carbocycles. The van der Waals surface area contributed by atoms with Crippen LogP contribution in [0.3, 0.4) is 0 Å². The largest absolute Gasteiger partial charge is 0.340 e. The van der Waals surface area contributed by atoms with Crippen molar-refractivity contribution >= 4 is 23.1 Å². The van der Waals surface area contributed by atoms with Gasteiger partial charge in [-0.3, -0.25) is 0 Å². The number of aryl methyl sites for hydroxylation is 2. The van der Waals surface area contributed by atoms with E-state index >= 15 is 0 Å². The Morgan fingerprint density at radius 1 is 0.800 bits per heavy atom. The van der Waals surface area contributed by atoms with Gasteiger partial charge in [-0.05, 0) is 55.2 Å². The average Bonchev–Trinajstić information content (AvgIpc) is 2.54. The van der Waals surface area contributed by atoms with Crippen LogP contribution in [0.25, 0.3) is 0 Å². The highest BCUT2D eigenvalue weighted by molar-refractivity contribution is 5.60. The van der Waals surface area contributed by atoms with E-state index in [1.807, 2.05) is 25.1 Å². The van der Waals surface area contributed by atoms with E-state index in [1.54, 1.807) is 0 Å². The summed E-state index contributed by atoms with van der Waals surface area (Å²) in [5, 5.41) is 6.63. The van der Waals surface area contributed by atoms with Crippen molar-refractivity contribution in [1.82, 2.24) is 9.97 Å². The summed E-state index contributed by atoms with van der Waals surface area (Å²) in [7, 11) is 0. The van der Waals surface area contributed by atoms with E-state index < -0.39 is 0 Å². The van der Waals surface area contributed by atoms with Crippen LogP contribution in [0.15, 0.2) is 54.6 Å². The van der Waals surface area contributed by atoms with Crippen molar-refractivity contribution in [2.45, 2.75) is 33.6 Å². The molecule has 0 saturated heterocycles. The van der Waals surface area contributed by atoms with Gasteiger partial charge in [0.25, 0.3) is 0 Å². The first-order chi connectivity index (χ1) is 12.0. The van der Waals surface area contributed by atoms with Gasteiger partial charge >= 0.3 is 0 Å². The SMILES string of the molecule is Cc1cccc(Nc2cc(C)nc(Nc3ccc(C(C)C)cc3)n2)c1. The third-order valence-electron chi connectivity index (χ3n) is 3.98. The van der Waals surface area contributed by atoms with Crippen LogP contribution in [-0.2, 0) is 0 Å². The molecular formula is C21H24N4. The fourth-order valence-electron chi connectivity index (χ4n) is 2.64. The zero-order valence-corrected chi connectivity index (χ0v) is 15.2. The molecule has 0 saturated carbocycles. The molecule has 3 rings (SSSR count). The van der Waals surface area contributed by atoms with Crippen LogP contribution in [0.2, 0.25) is 0 Å². The second kappa shape index (κ2) is 7.34. The summed E-state index contributed by atoms with van der Waals surface area (Å²) in [6.07, 6.45) is 0. The van der Waals surface area contributed by atoms with Gasteiger partial charge in [0.05, 0.1) is 0 Å². The molecule has 0 amide bonds. The summed E-state index contributed by atoms with van der Waals surface area (Å²) < 4.78 is 0. The van der Waals surface area contributed by atoms with Crippen molar-refractivity contribution in [3.63, 3.8) is 0 Å². The van der Waals surface area contributed by atoms with E-state index in [4.69, 9.17) is 0 Å². The van der Waals surface area contributed by atoms with Crippen LogP contribution in [0.5, 0.6) is 0 Å². The molecule has 0 bridgehead atoms. The van der Waals surface area contributed by atoms with E-state index in [2.05, 4.69) is 77.8 Å². The summed E-state index contributed by atoms with van der Waals surface area (Å²) in [5.74, 6) is 1.89. The topological polar surface area (TPSA) is 49.8 Å². The van der Waals surface area contributed by atoms with Crippen LogP contribution in [0.4, 0.5) is 23.1 Å². The quantitative estimate of drug-likeness (QED) is 0.629. The van der Waals surface area contributed by atoms with E-state index in [1.165, 1.54) is 11.1 Å². The monoisotopic (exact) mass is 332 g/mol. The van der Waals surface area contributed by atoms with E-state index in [9.17, 15) is 0 Å². The van der Waals surface area contributed by atoms with Crippen LogP contribution in [0, 0.1) is 13.8 Å². The fourth-order valence-corrected chi connectivity index (χ4v) is 2.64. The maximum atomic E-state index is 4.58. The van der Waals surface area contributed by atoms with Crippen molar-refractivity contribution in [3.05, 3.63) is 71.4 Å². The number of hydrogen-bond donors (Lipinski definition) is 2. The predicted molar refractivity (Wildman–Crippen MR) is 105 cm³/mol. The first-order valence-corrected chi connectivity index (χ1v) is 8.56. The molecule has 1 heterocycles. The molecule has 0 atom stereocenters. The Bertz CT molecular complexity index is 854. The lowest BCUT2D eigenvalue weighted by molar-refractivity contribution is 0.867. The smallest absolute Gasteiger partial charge is 0.229 e. The highest BCUT2D eigenvalue weighted by atomic mass is 15.1.